The van der Waals surface area contributed by atoms with Crippen molar-refractivity contribution >= 4 is 23.4 Å². The first-order valence-electron chi connectivity index (χ1n) is 7.06. The number of aromatic nitrogens is 2. The normalized spacial score (nSPS) is 16.1. The Morgan fingerprint density at radius 3 is 2.71 bits per heavy atom. The minimum absolute atomic E-state index is 0.747. The van der Waals surface area contributed by atoms with Crippen molar-refractivity contribution in [2.75, 3.05) is 31.1 Å². The van der Waals surface area contributed by atoms with Crippen LogP contribution in [-0.4, -0.2) is 47.3 Å². The third-order valence-electron chi connectivity index (χ3n) is 3.69. The Morgan fingerprint density at radius 1 is 1.29 bits per heavy atom. The molecule has 2 aromatic rings. The average Bonchev–Trinajstić information content (AvgIpc) is 2.88. The van der Waals surface area contributed by atoms with Crippen molar-refractivity contribution in [2.45, 2.75) is 13.5 Å². The van der Waals surface area contributed by atoms with E-state index in [0.29, 0.717) is 0 Å². The van der Waals surface area contributed by atoms with Crippen molar-refractivity contribution in [3.05, 3.63) is 40.0 Å². The summed E-state index contributed by atoms with van der Waals surface area (Å²) >= 11 is 1.50. The highest BCUT2D eigenvalue weighted by Gasteiger charge is 2.19. The molecule has 21 heavy (non-hydrogen) atoms. The highest BCUT2D eigenvalue weighted by molar-refractivity contribution is 7.13. The number of pyridine rings is 1. The van der Waals surface area contributed by atoms with E-state index in [1.165, 1.54) is 11.3 Å². The molecule has 2 aromatic heterocycles. The lowest BCUT2D eigenvalue weighted by Crippen LogP contribution is -2.46. The summed E-state index contributed by atoms with van der Waals surface area (Å²) in [7, 11) is 0. The Bertz CT molecular complexity index is 605. The Hall–Kier alpha value is -1.79. The van der Waals surface area contributed by atoms with Gasteiger partial charge in [0.25, 0.3) is 0 Å². The standard InChI is InChI=1S/C15H18N4OS/c1-12-13(11-20)21-15(17-12)10-18-6-8-19(9-7-18)14-4-2-3-5-16-14/h2-5,11H,6-10H2,1H3. The predicted molar refractivity (Wildman–Crippen MR) is 84.0 cm³/mol. The Labute approximate surface area is 128 Å². The van der Waals surface area contributed by atoms with E-state index in [2.05, 4.69) is 25.8 Å². The van der Waals surface area contributed by atoms with Crippen LogP contribution in [0, 0.1) is 6.92 Å². The second-order valence-corrected chi connectivity index (χ2v) is 6.24. The van der Waals surface area contributed by atoms with E-state index < -0.39 is 0 Å². The fraction of sp³-hybridized carbons (Fsp3) is 0.400. The maximum absolute atomic E-state index is 10.9. The third kappa shape index (κ3) is 3.28. The second-order valence-electron chi connectivity index (χ2n) is 5.13. The lowest BCUT2D eigenvalue weighted by Gasteiger charge is -2.34. The lowest BCUT2D eigenvalue weighted by atomic mass is 10.3. The van der Waals surface area contributed by atoms with Crippen LogP contribution in [-0.2, 0) is 6.54 Å². The minimum atomic E-state index is 0.747. The van der Waals surface area contributed by atoms with Crippen LogP contribution in [0.1, 0.15) is 20.4 Å². The van der Waals surface area contributed by atoms with Crippen LogP contribution in [0.25, 0.3) is 0 Å². The highest BCUT2D eigenvalue weighted by Crippen LogP contribution is 2.19. The summed E-state index contributed by atoms with van der Waals surface area (Å²) in [6.45, 7) is 6.65. The molecular formula is C15H18N4OS. The number of carbonyl (C=O) groups is 1. The average molecular weight is 302 g/mol. The number of rotatable bonds is 4. The zero-order chi connectivity index (χ0) is 14.7. The smallest absolute Gasteiger partial charge is 0.161 e. The number of thiazole rings is 1. The number of carbonyl (C=O) groups excluding carboxylic acids is 1. The van der Waals surface area contributed by atoms with Gasteiger partial charge in [0.1, 0.15) is 10.8 Å². The van der Waals surface area contributed by atoms with E-state index in [9.17, 15) is 4.79 Å². The van der Waals surface area contributed by atoms with Gasteiger partial charge in [0, 0.05) is 32.4 Å². The zero-order valence-electron chi connectivity index (χ0n) is 12.0. The molecule has 0 atom stereocenters. The van der Waals surface area contributed by atoms with Gasteiger partial charge >= 0.3 is 0 Å². The third-order valence-corrected chi connectivity index (χ3v) is 4.76. The zero-order valence-corrected chi connectivity index (χ0v) is 12.8. The summed E-state index contributed by atoms with van der Waals surface area (Å²) < 4.78 is 0. The van der Waals surface area contributed by atoms with E-state index in [-0.39, 0.29) is 0 Å². The Kier molecular flexibility index (Phi) is 4.26. The van der Waals surface area contributed by atoms with Gasteiger partial charge in [0.2, 0.25) is 0 Å². The Balaban J connectivity index is 1.57. The molecule has 1 aliphatic heterocycles. The summed E-state index contributed by atoms with van der Waals surface area (Å²) in [4.78, 5) is 25.2. The molecule has 0 bridgehead atoms. The van der Waals surface area contributed by atoms with Gasteiger partial charge in [-0.2, -0.15) is 0 Å². The molecular weight excluding hydrogens is 284 g/mol. The summed E-state index contributed by atoms with van der Waals surface area (Å²) in [5.74, 6) is 1.05. The van der Waals surface area contributed by atoms with E-state index in [1.54, 1.807) is 0 Å². The van der Waals surface area contributed by atoms with Crippen LogP contribution < -0.4 is 4.90 Å². The first kappa shape index (κ1) is 14.2. The molecule has 6 heteroatoms. The quantitative estimate of drug-likeness (QED) is 0.808. The molecule has 110 valence electrons. The number of piperazine rings is 1. The van der Waals surface area contributed by atoms with Crippen molar-refractivity contribution < 1.29 is 4.79 Å². The van der Waals surface area contributed by atoms with Gasteiger partial charge in [-0.25, -0.2) is 9.97 Å². The maximum Gasteiger partial charge on any atom is 0.161 e. The number of hydrogen-bond acceptors (Lipinski definition) is 6. The molecule has 1 fully saturated rings. The van der Waals surface area contributed by atoms with Crippen LogP contribution in [0.3, 0.4) is 0 Å². The van der Waals surface area contributed by atoms with Crippen molar-refractivity contribution in [3.8, 4) is 0 Å². The lowest BCUT2D eigenvalue weighted by molar-refractivity contribution is 0.112. The van der Waals surface area contributed by atoms with Crippen LogP contribution in [0.5, 0.6) is 0 Å². The van der Waals surface area contributed by atoms with Gasteiger partial charge < -0.3 is 4.90 Å². The van der Waals surface area contributed by atoms with E-state index in [1.807, 2.05) is 25.3 Å². The van der Waals surface area contributed by atoms with Crippen LogP contribution in [0.2, 0.25) is 0 Å². The summed E-state index contributed by atoms with van der Waals surface area (Å²) in [5, 5.41) is 1.03. The first-order chi connectivity index (χ1) is 10.3. The highest BCUT2D eigenvalue weighted by atomic mass is 32.1. The van der Waals surface area contributed by atoms with E-state index >= 15 is 0 Å². The molecule has 1 aliphatic rings. The maximum atomic E-state index is 10.9. The molecule has 0 N–H and O–H groups in total. The summed E-state index contributed by atoms with van der Waals surface area (Å²) in [6.07, 6.45) is 2.73. The van der Waals surface area contributed by atoms with Crippen LogP contribution >= 0.6 is 11.3 Å². The van der Waals surface area contributed by atoms with Gasteiger partial charge in [0.15, 0.2) is 6.29 Å². The van der Waals surface area contributed by atoms with Crippen LogP contribution in [0.15, 0.2) is 24.4 Å². The summed E-state index contributed by atoms with van der Waals surface area (Å²) in [6, 6.07) is 6.01. The fourth-order valence-corrected chi connectivity index (χ4v) is 3.43. The topological polar surface area (TPSA) is 49.3 Å². The monoisotopic (exact) mass is 302 g/mol. The van der Waals surface area contributed by atoms with Gasteiger partial charge in [-0.15, -0.1) is 11.3 Å². The molecule has 0 unspecified atom stereocenters. The summed E-state index contributed by atoms with van der Waals surface area (Å²) in [5.41, 5.74) is 0.845. The van der Waals surface area contributed by atoms with Crippen molar-refractivity contribution in [3.63, 3.8) is 0 Å². The van der Waals surface area contributed by atoms with Crippen molar-refractivity contribution in [2.24, 2.45) is 0 Å². The SMILES string of the molecule is Cc1nc(CN2CCN(c3ccccn3)CC2)sc1C=O. The second kappa shape index (κ2) is 6.32. The molecule has 3 heterocycles. The largest absolute Gasteiger partial charge is 0.354 e. The number of aldehydes is 1. The molecule has 0 amide bonds. The molecule has 0 aromatic carbocycles. The molecule has 3 rings (SSSR count). The molecule has 0 saturated carbocycles. The van der Waals surface area contributed by atoms with Gasteiger partial charge in [-0.05, 0) is 19.1 Å². The fourth-order valence-electron chi connectivity index (χ4n) is 2.51. The van der Waals surface area contributed by atoms with Crippen LogP contribution in [0.4, 0.5) is 5.82 Å². The van der Waals surface area contributed by atoms with Gasteiger partial charge in [-0.1, -0.05) is 6.07 Å². The van der Waals surface area contributed by atoms with E-state index in [4.69, 9.17) is 0 Å². The first-order valence-corrected chi connectivity index (χ1v) is 7.88. The number of aryl methyl sites for hydroxylation is 1. The predicted octanol–water partition coefficient (Wildman–Crippen LogP) is 1.98. The molecule has 0 radical (unpaired) electrons. The van der Waals surface area contributed by atoms with Crippen molar-refractivity contribution in [1.29, 1.82) is 0 Å². The number of nitrogens with zero attached hydrogens (tertiary/aromatic N) is 4. The van der Waals surface area contributed by atoms with Crippen molar-refractivity contribution in [1.82, 2.24) is 14.9 Å². The number of hydrogen-bond donors (Lipinski definition) is 0. The molecule has 0 spiro atoms. The molecule has 5 nitrogen and oxygen atoms in total. The minimum Gasteiger partial charge on any atom is -0.354 e. The van der Waals surface area contributed by atoms with E-state index in [0.717, 1.165) is 60.4 Å². The molecule has 1 saturated heterocycles. The number of anilines is 1. The van der Waals surface area contributed by atoms with Gasteiger partial charge in [0.05, 0.1) is 17.1 Å². The van der Waals surface area contributed by atoms with Gasteiger partial charge in [-0.3, -0.25) is 9.69 Å². The molecule has 0 aliphatic carbocycles. The Morgan fingerprint density at radius 2 is 2.10 bits per heavy atom.